The molecule has 4 rings (SSSR count). The van der Waals surface area contributed by atoms with Crippen molar-refractivity contribution in [3.8, 4) is 5.75 Å². The monoisotopic (exact) mass is 524 g/mol. The third-order valence-corrected chi connectivity index (χ3v) is 7.02. The van der Waals surface area contributed by atoms with E-state index in [0.717, 1.165) is 55.9 Å². The molecule has 1 aromatic carbocycles. The zero-order chi connectivity index (χ0) is 27.1. The molecule has 0 radical (unpaired) electrons. The van der Waals surface area contributed by atoms with E-state index in [1.54, 1.807) is 4.90 Å². The zero-order valence-electron chi connectivity index (χ0n) is 23.7. The quantitative estimate of drug-likeness (QED) is 0.446. The number of carbonyl (C=O) groups excluding carboxylic acids is 1. The molecule has 8 heteroatoms. The highest BCUT2D eigenvalue weighted by Gasteiger charge is 2.33. The van der Waals surface area contributed by atoms with Gasteiger partial charge in [-0.3, -0.25) is 9.88 Å². The van der Waals surface area contributed by atoms with Crippen LogP contribution in [0.2, 0.25) is 0 Å². The highest BCUT2D eigenvalue weighted by Crippen LogP contribution is 2.38. The minimum atomic E-state index is -0.490. The molecule has 38 heavy (non-hydrogen) atoms. The van der Waals surface area contributed by atoms with Crippen LogP contribution in [0.3, 0.4) is 0 Å². The largest absolute Gasteiger partial charge is 0.490 e. The highest BCUT2D eigenvalue weighted by molar-refractivity contribution is 5.68. The number of aromatic nitrogens is 1. The van der Waals surface area contributed by atoms with Crippen LogP contribution in [0.25, 0.3) is 0 Å². The first-order valence-electron chi connectivity index (χ1n) is 13.8. The summed E-state index contributed by atoms with van der Waals surface area (Å²) in [5.41, 5.74) is 3.04. The second-order valence-electron chi connectivity index (χ2n) is 11.6. The number of likely N-dealkylation sites (tertiary alicyclic amines) is 1. The molecule has 1 saturated heterocycles. The number of piperidine rings is 1. The maximum atomic E-state index is 12.5. The van der Waals surface area contributed by atoms with E-state index >= 15 is 0 Å². The normalized spacial score (nSPS) is 18.9. The summed E-state index contributed by atoms with van der Waals surface area (Å²) in [6, 6.07) is 12.7. The minimum Gasteiger partial charge on any atom is -0.490 e. The molecule has 1 atom stereocenters. The first-order chi connectivity index (χ1) is 18.2. The molecule has 3 heterocycles. The Hall–Kier alpha value is -2.68. The highest BCUT2D eigenvalue weighted by atomic mass is 16.6. The number of carbonyl (C=O) groups is 1. The molecule has 0 spiro atoms. The van der Waals surface area contributed by atoms with Gasteiger partial charge in [-0.2, -0.15) is 0 Å². The van der Waals surface area contributed by atoms with Gasteiger partial charge in [0, 0.05) is 63.7 Å². The number of amides is 1. The van der Waals surface area contributed by atoms with Crippen molar-refractivity contribution in [2.75, 3.05) is 53.5 Å². The first kappa shape index (κ1) is 28.3. The number of hydrogen-bond donors (Lipinski definition) is 0. The predicted molar refractivity (Wildman–Crippen MR) is 148 cm³/mol. The molecule has 1 aromatic heterocycles. The molecule has 1 unspecified atom stereocenters. The smallest absolute Gasteiger partial charge is 0.410 e. The van der Waals surface area contributed by atoms with E-state index in [1.807, 2.05) is 33.0 Å². The van der Waals surface area contributed by atoms with Gasteiger partial charge in [-0.05, 0) is 46.5 Å². The Kier molecular flexibility index (Phi) is 9.63. The molecule has 2 aliphatic heterocycles. The van der Waals surface area contributed by atoms with Crippen LogP contribution in [0.4, 0.5) is 4.79 Å². The Morgan fingerprint density at radius 1 is 1.08 bits per heavy atom. The number of rotatable bonds is 9. The van der Waals surface area contributed by atoms with Crippen molar-refractivity contribution in [2.24, 2.45) is 0 Å². The standard InChI is InChI=1S/C30H44N4O4/c1-30(2,3)38-29(35)33-16-12-24(13-17-33)37-27-11-15-31-25-14-18-34(21-23-9-7-6-8-10-23)26(28(25)27)22-36-20-19-32(4)5/h6-11,15,24,26H,12-14,16-22H2,1-5H3. The van der Waals surface area contributed by atoms with E-state index in [1.165, 1.54) is 5.56 Å². The van der Waals surface area contributed by atoms with E-state index in [0.29, 0.717) is 26.3 Å². The topological polar surface area (TPSA) is 67.4 Å². The molecular weight excluding hydrogens is 480 g/mol. The van der Waals surface area contributed by atoms with Crippen molar-refractivity contribution in [3.05, 3.63) is 59.4 Å². The van der Waals surface area contributed by atoms with Gasteiger partial charge in [0.1, 0.15) is 17.5 Å². The average molecular weight is 525 g/mol. The van der Waals surface area contributed by atoms with Crippen molar-refractivity contribution in [1.82, 2.24) is 19.7 Å². The van der Waals surface area contributed by atoms with Crippen molar-refractivity contribution < 1.29 is 19.0 Å². The zero-order valence-corrected chi connectivity index (χ0v) is 23.7. The fourth-order valence-electron chi connectivity index (χ4n) is 5.04. The van der Waals surface area contributed by atoms with Crippen molar-refractivity contribution >= 4 is 6.09 Å². The molecule has 0 N–H and O–H groups in total. The van der Waals surface area contributed by atoms with Crippen LogP contribution in [0.1, 0.15) is 56.5 Å². The second-order valence-corrected chi connectivity index (χ2v) is 11.6. The summed E-state index contributed by atoms with van der Waals surface area (Å²) in [6.07, 6.45) is 4.08. The van der Waals surface area contributed by atoms with E-state index in [2.05, 4.69) is 54.2 Å². The van der Waals surface area contributed by atoms with Crippen LogP contribution in [0.5, 0.6) is 5.75 Å². The SMILES string of the molecule is CN(C)CCOCC1c2c(OC3CCN(C(=O)OC(C)(C)C)CC3)ccnc2CCN1Cc1ccccc1. The van der Waals surface area contributed by atoms with Gasteiger partial charge in [-0.15, -0.1) is 0 Å². The van der Waals surface area contributed by atoms with Crippen LogP contribution in [-0.4, -0.2) is 91.0 Å². The van der Waals surface area contributed by atoms with Gasteiger partial charge in [0.15, 0.2) is 0 Å². The van der Waals surface area contributed by atoms with E-state index < -0.39 is 5.60 Å². The van der Waals surface area contributed by atoms with Gasteiger partial charge in [-0.1, -0.05) is 30.3 Å². The number of nitrogens with zero attached hydrogens (tertiary/aromatic N) is 4. The van der Waals surface area contributed by atoms with Gasteiger partial charge in [-0.25, -0.2) is 4.79 Å². The van der Waals surface area contributed by atoms with Gasteiger partial charge >= 0.3 is 6.09 Å². The van der Waals surface area contributed by atoms with Crippen molar-refractivity contribution in [1.29, 1.82) is 0 Å². The third-order valence-electron chi connectivity index (χ3n) is 7.02. The molecule has 2 aliphatic rings. The number of ether oxygens (including phenoxy) is 3. The number of benzene rings is 1. The number of hydrogen-bond acceptors (Lipinski definition) is 7. The summed E-state index contributed by atoms with van der Waals surface area (Å²) in [4.78, 5) is 23.7. The maximum Gasteiger partial charge on any atom is 0.410 e. The van der Waals surface area contributed by atoms with Gasteiger partial charge in [0.2, 0.25) is 0 Å². The lowest BCUT2D eigenvalue weighted by Gasteiger charge is -2.39. The Balaban J connectivity index is 1.48. The van der Waals surface area contributed by atoms with Crippen LogP contribution >= 0.6 is 0 Å². The average Bonchev–Trinajstić information content (AvgIpc) is 2.87. The molecule has 0 bridgehead atoms. The first-order valence-corrected chi connectivity index (χ1v) is 13.8. The molecule has 0 aliphatic carbocycles. The fraction of sp³-hybridized carbons (Fsp3) is 0.600. The summed E-state index contributed by atoms with van der Waals surface area (Å²) in [5.74, 6) is 0.893. The molecule has 2 aromatic rings. The Bertz CT molecular complexity index is 1030. The lowest BCUT2D eigenvalue weighted by molar-refractivity contribution is 0.0117. The van der Waals surface area contributed by atoms with Gasteiger partial charge in [0.05, 0.1) is 24.9 Å². The van der Waals surface area contributed by atoms with Crippen LogP contribution in [0.15, 0.2) is 42.6 Å². The summed E-state index contributed by atoms with van der Waals surface area (Å²) in [6.45, 7) is 10.9. The summed E-state index contributed by atoms with van der Waals surface area (Å²) in [5, 5.41) is 0. The molecule has 0 saturated carbocycles. The number of pyridine rings is 1. The van der Waals surface area contributed by atoms with Gasteiger partial charge < -0.3 is 24.0 Å². The summed E-state index contributed by atoms with van der Waals surface area (Å²) >= 11 is 0. The second kappa shape index (κ2) is 12.9. The number of fused-ring (bicyclic) bond motifs is 1. The molecular formula is C30H44N4O4. The van der Waals surface area contributed by atoms with Crippen LogP contribution in [0, 0.1) is 0 Å². The third kappa shape index (κ3) is 7.91. The van der Waals surface area contributed by atoms with E-state index in [4.69, 9.17) is 19.2 Å². The lowest BCUT2D eigenvalue weighted by atomic mass is 9.95. The van der Waals surface area contributed by atoms with Gasteiger partial charge in [0.25, 0.3) is 0 Å². The fourth-order valence-corrected chi connectivity index (χ4v) is 5.04. The van der Waals surface area contributed by atoms with E-state index in [-0.39, 0.29) is 18.2 Å². The Morgan fingerprint density at radius 3 is 2.50 bits per heavy atom. The summed E-state index contributed by atoms with van der Waals surface area (Å²) in [7, 11) is 4.12. The predicted octanol–water partition coefficient (Wildman–Crippen LogP) is 4.54. The van der Waals surface area contributed by atoms with Crippen LogP contribution < -0.4 is 4.74 Å². The van der Waals surface area contributed by atoms with E-state index in [9.17, 15) is 4.79 Å². The van der Waals surface area contributed by atoms with Crippen molar-refractivity contribution in [2.45, 2.75) is 64.3 Å². The molecule has 1 amide bonds. The van der Waals surface area contributed by atoms with Crippen LogP contribution in [-0.2, 0) is 22.4 Å². The minimum absolute atomic E-state index is 0.0417. The van der Waals surface area contributed by atoms with Crippen molar-refractivity contribution in [3.63, 3.8) is 0 Å². The maximum absolute atomic E-state index is 12.5. The Morgan fingerprint density at radius 2 is 1.82 bits per heavy atom. The molecule has 208 valence electrons. The Labute approximate surface area is 227 Å². The molecule has 1 fully saturated rings. The molecule has 8 nitrogen and oxygen atoms in total. The lowest BCUT2D eigenvalue weighted by Crippen LogP contribution is -2.44. The summed E-state index contributed by atoms with van der Waals surface area (Å²) < 4.78 is 18.4. The number of likely N-dealkylation sites (N-methyl/N-ethyl adjacent to an activating group) is 1.